The highest BCUT2D eigenvalue weighted by Crippen LogP contribution is 2.27. The van der Waals surface area contributed by atoms with Gasteiger partial charge < -0.3 is 9.64 Å². The molecular weight excluding hydrogens is 340 g/mol. The van der Waals surface area contributed by atoms with E-state index in [1.165, 1.54) is 6.07 Å². The molecule has 7 heteroatoms. The first-order valence-corrected chi connectivity index (χ1v) is 9.54. The zero-order chi connectivity index (χ0) is 18.0. The van der Waals surface area contributed by atoms with Crippen molar-refractivity contribution in [2.24, 2.45) is 0 Å². The molecule has 3 rings (SSSR count). The van der Waals surface area contributed by atoms with Crippen LogP contribution >= 0.6 is 0 Å². The second-order valence-electron chi connectivity index (χ2n) is 5.86. The van der Waals surface area contributed by atoms with Gasteiger partial charge in [0.15, 0.2) is 0 Å². The van der Waals surface area contributed by atoms with Crippen molar-refractivity contribution in [3.05, 3.63) is 53.6 Å². The van der Waals surface area contributed by atoms with Crippen LogP contribution in [0.2, 0.25) is 0 Å². The van der Waals surface area contributed by atoms with Crippen molar-refractivity contribution in [2.75, 3.05) is 24.4 Å². The van der Waals surface area contributed by atoms with E-state index in [2.05, 4.69) is 4.72 Å². The molecule has 1 aliphatic heterocycles. The Morgan fingerprint density at radius 3 is 2.56 bits per heavy atom. The summed E-state index contributed by atoms with van der Waals surface area (Å²) in [6.45, 7) is 5.28. The second kappa shape index (κ2) is 6.76. The van der Waals surface area contributed by atoms with Crippen molar-refractivity contribution in [2.45, 2.75) is 18.7 Å². The molecule has 0 saturated carbocycles. The second-order valence-corrected chi connectivity index (χ2v) is 7.55. The summed E-state index contributed by atoms with van der Waals surface area (Å²) in [6, 6.07) is 11.3. The number of nitrogens with zero attached hydrogens (tertiary/aromatic N) is 1. The number of anilines is 1. The Morgan fingerprint density at radius 1 is 1.16 bits per heavy atom. The molecule has 25 heavy (non-hydrogen) atoms. The minimum atomic E-state index is -3.72. The standard InChI is InChI=1S/C18H20N2O4S/c1-3-20-10-11-24-17-9-6-14(12-16(17)18(20)21)19-25(22,23)15-7-4-13(2)5-8-15/h4-9,12,19H,3,10-11H2,1-2H3. The number of amides is 1. The molecule has 0 bridgehead atoms. The molecule has 0 saturated heterocycles. The number of carbonyl (C=O) groups is 1. The Kier molecular flexibility index (Phi) is 4.67. The zero-order valence-electron chi connectivity index (χ0n) is 14.2. The lowest BCUT2D eigenvalue weighted by molar-refractivity contribution is 0.0765. The van der Waals surface area contributed by atoms with Crippen LogP contribution in [0.25, 0.3) is 0 Å². The van der Waals surface area contributed by atoms with Crippen molar-refractivity contribution in [3.8, 4) is 5.75 Å². The first kappa shape index (κ1) is 17.3. The Balaban J connectivity index is 1.92. The number of nitrogens with one attached hydrogen (secondary N) is 1. The number of benzene rings is 2. The van der Waals surface area contributed by atoms with E-state index in [0.29, 0.717) is 36.7 Å². The van der Waals surface area contributed by atoms with Crippen LogP contribution in [0.1, 0.15) is 22.8 Å². The van der Waals surface area contributed by atoms with E-state index in [1.54, 1.807) is 41.3 Å². The van der Waals surface area contributed by atoms with E-state index in [4.69, 9.17) is 4.74 Å². The van der Waals surface area contributed by atoms with Crippen molar-refractivity contribution in [3.63, 3.8) is 0 Å². The number of likely N-dealkylation sites (N-methyl/N-ethyl adjacent to an activating group) is 1. The Labute approximate surface area is 147 Å². The number of hydrogen-bond donors (Lipinski definition) is 1. The van der Waals surface area contributed by atoms with Gasteiger partial charge in [-0.1, -0.05) is 17.7 Å². The minimum Gasteiger partial charge on any atom is -0.491 e. The van der Waals surface area contributed by atoms with Gasteiger partial charge >= 0.3 is 0 Å². The van der Waals surface area contributed by atoms with Gasteiger partial charge in [0, 0.05) is 12.2 Å². The highest BCUT2D eigenvalue weighted by atomic mass is 32.2. The molecule has 0 aromatic heterocycles. The third-order valence-corrected chi connectivity index (χ3v) is 5.48. The van der Waals surface area contributed by atoms with Crippen molar-refractivity contribution < 1.29 is 17.9 Å². The zero-order valence-corrected chi connectivity index (χ0v) is 15.0. The lowest BCUT2D eigenvalue weighted by Crippen LogP contribution is -2.32. The maximum atomic E-state index is 12.6. The molecule has 2 aromatic rings. The maximum Gasteiger partial charge on any atom is 0.261 e. The summed E-state index contributed by atoms with van der Waals surface area (Å²) in [6.07, 6.45) is 0. The average Bonchev–Trinajstić information content (AvgIpc) is 2.74. The number of fused-ring (bicyclic) bond motifs is 1. The molecule has 132 valence electrons. The third-order valence-electron chi connectivity index (χ3n) is 4.08. The third kappa shape index (κ3) is 3.61. The molecule has 1 aliphatic rings. The molecule has 1 amide bonds. The summed E-state index contributed by atoms with van der Waals surface area (Å²) >= 11 is 0. The average molecular weight is 360 g/mol. The summed E-state index contributed by atoms with van der Waals surface area (Å²) in [7, 11) is -3.72. The fraction of sp³-hybridized carbons (Fsp3) is 0.278. The van der Waals surface area contributed by atoms with Gasteiger partial charge in [-0.25, -0.2) is 8.42 Å². The maximum absolute atomic E-state index is 12.6. The molecule has 2 aromatic carbocycles. The molecule has 0 unspecified atom stereocenters. The number of hydrogen-bond acceptors (Lipinski definition) is 4. The van der Waals surface area contributed by atoms with E-state index < -0.39 is 10.0 Å². The SMILES string of the molecule is CCN1CCOc2ccc(NS(=O)(=O)c3ccc(C)cc3)cc2C1=O. The molecule has 6 nitrogen and oxygen atoms in total. The fourth-order valence-electron chi connectivity index (χ4n) is 2.66. The van der Waals surface area contributed by atoms with Gasteiger partial charge in [-0.15, -0.1) is 0 Å². The predicted molar refractivity (Wildman–Crippen MR) is 95.5 cm³/mol. The monoisotopic (exact) mass is 360 g/mol. The predicted octanol–water partition coefficient (Wildman–Crippen LogP) is 2.65. The topological polar surface area (TPSA) is 75.7 Å². The van der Waals surface area contributed by atoms with Crippen molar-refractivity contribution in [1.82, 2.24) is 4.90 Å². The van der Waals surface area contributed by atoms with Crippen molar-refractivity contribution in [1.29, 1.82) is 0 Å². The molecular formula is C18H20N2O4S. The number of sulfonamides is 1. The smallest absolute Gasteiger partial charge is 0.261 e. The van der Waals surface area contributed by atoms with E-state index in [1.807, 2.05) is 13.8 Å². The lowest BCUT2D eigenvalue weighted by Gasteiger charge is -2.17. The van der Waals surface area contributed by atoms with Crippen LogP contribution in [0.15, 0.2) is 47.4 Å². The van der Waals surface area contributed by atoms with Crippen LogP contribution in [0.4, 0.5) is 5.69 Å². The summed E-state index contributed by atoms with van der Waals surface area (Å²) in [5.74, 6) is 0.311. The Morgan fingerprint density at radius 2 is 1.88 bits per heavy atom. The van der Waals surface area contributed by atoms with Gasteiger partial charge in [0.25, 0.3) is 15.9 Å². The normalized spacial score (nSPS) is 14.5. The van der Waals surface area contributed by atoms with Crippen LogP contribution < -0.4 is 9.46 Å². The number of rotatable bonds is 4. The van der Waals surface area contributed by atoms with E-state index in [0.717, 1.165) is 5.56 Å². The van der Waals surface area contributed by atoms with Gasteiger partial charge in [0.2, 0.25) is 0 Å². The highest BCUT2D eigenvalue weighted by Gasteiger charge is 2.23. The number of ether oxygens (including phenoxy) is 1. The van der Waals surface area contributed by atoms with Gasteiger partial charge in [-0.2, -0.15) is 0 Å². The molecule has 0 aliphatic carbocycles. The molecule has 1 heterocycles. The quantitative estimate of drug-likeness (QED) is 0.909. The van der Waals surface area contributed by atoms with Crippen LogP contribution in [-0.4, -0.2) is 38.9 Å². The fourth-order valence-corrected chi connectivity index (χ4v) is 3.71. The van der Waals surface area contributed by atoms with Gasteiger partial charge in [-0.05, 0) is 44.2 Å². The van der Waals surface area contributed by atoms with Gasteiger partial charge in [0.05, 0.1) is 17.0 Å². The first-order valence-electron chi connectivity index (χ1n) is 8.06. The summed E-state index contributed by atoms with van der Waals surface area (Å²) in [5, 5.41) is 0. The summed E-state index contributed by atoms with van der Waals surface area (Å²) < 4.78 is 33.1. The van der Waals surface area contributed by atoms with Crippen molar-refractivity contribution >= 4 is 21.6 Å². The molecule has 0 spiro atoms. The summed E-state index contributed by atoms with van der Waals surface area (Å²) in [4.78, 5) is 14.4. The Hall–Kier alpha value is -2.54. The number of aryl methyl sites for hydroxylation is 1. The summed E-state index contributed by atoms with van der Waals surface area (Å²) in [5.41, 5.74) is 1.67. The van der Waals surface area contributed by atoms with Crippen LogP contribution in [0.5, 0.6) is 5.75 Å². The largest absolute Gasteiger partial charge is 0.491 e. The number of carbonyl (C=O) groups excluding carboxylic acids is 1. The molecule has 0 fully saturated rings. The molecule has 0 radical (unpaired) electrons. The Bertz CT molecular complexity index is 892. The highest BCUT2D eigenvalue weighted by molar-refractivity contribution is 7.92. The van der Waals surface area contributed by atoms with Crippen LogP contribution in [0.3, 0.4) is 0 Å². The van der Waals surface area contributed by atoms with Crippen LogP contribution in [-0.2, 0) is 10.0 Å². The van der Waals surface area contributed by atoms with E-state index in [9.17, 15) is 13.2 Å². The lowest BCUT2D eigenvalue weighted by atomic mass is 10.1. The van der Waals surface area contributed by atoms with Gasteiger partial charge in [0.1, 0.15) is 12.4 Å². The molecule has 0 atom stereocenters. The van der Waals surface area contributed by atoms with E-state index >= 15 is 0 Å². The van der Waals surface area contributed by atoms with Gasteiger partial charge in [-0.3, -0.25) is 9.52 Å². The van der Waals surface area contributed by atoms with E-state index in [-0.39, 0.29) is 10.8 Å². The molecule has 1 N–H and O–H groups in total. The van der Waals surface area contributed by atoms with Crippen LogP contribution in [0, 0.1) is 6.92 Å². The first-order chi connectivity index (χ1) is 11.9. The minimum absolute atomic E-state index is 0.161.